The van der Waals surface area contributed by atoms with Crippen molar-refractivity contribution in [3.05, 3.63) is 90.0 Å². The van der Waals surface area contributed by atoms with E-state index >= 15 is 0 Å². The molecular weight excluding hydrogens is 536 g/mol. The Labute approximate surface area is 253 Å². The summed E-state index contributed by atoms with van der Waals surface area (Å²) < 4.78 is 0. The molecule has 4 aromatic rings. The number of benzene rings is 3. The van der Waals surface area contributed by atoms with Crippen LogP contribution in [0.15, 0.2) is 78.9 Å². The molecule has 1 aliphatic heterocycles. The van der Waals surface area contributed by atoms with Crippen molar-refractivity contribution in [1.29, 1.82) is 0 Å². The van der Waals surface area contributed by atoms with Crippen molar-refractivity contribution in [3.8, 4) is 11.3 Å². The second kappa shape index (κ2) is 12.6. The van der Waals surface area contributed by atoms with E-state index in [4.69, 9.17) is 0 Å². The zero-order valence-electron chi connectivity index (χ0n) is 25.0. The summed E-state index contributed by atoms with van der Waals surface area (Å²) in [6.07, 6.45) is 6.06. The minimum Gasteiger partial charge on any atom is -0.355 e. The minimum atomic E-state index is -0.415. The second-order valence-corrected chi connectivity index (χ2v) is 12.3. The van der Waals surface area contributed by atoms with Gasteiger partial charge >= 0.3 is 0 Å². The summed E-state index contributed by atoms with van der Waals surface area (Å²) in [6.45, 7) is 0.607. The van der Waals surface area contributed by atoms with Crippen molar-refractivity contribution < 1.29 is 14.4 Å². The van der Waals surface area contributed by atoms with Gasteiger partial charge in [-0.3, -0.25) is 19.3 Å². The predicted molar refractivity (Wildman–Crippen MR) is 171 cm³/mol. The number of amides is 2. The highest BCUT2D eigenvalue weighted by Gasteiger charge is 2.38. The molecule has 2 heterocycles. The highest BCUT2D eigenvalue weighted by molar-refractivity contribution is 5.95. The van der Waals surface area contributed by atoms with Crippen molar-refractivity contribution in [2.75, 3.05) is 26.0 Å². The van der Waals surface area contributed by atoms with Crippen molar-refractivity contribution in [2.45, 2.75) is 57.0 Å². The van der Waals surface area contributed by atoms with Crippen LogP contribution in [0.2, 0.25) is 0 Å². The first kappa shape index (κ1) is 28.9. The van der Waals surface area contributed by atoms with Crippen molar-refractivity contribution in [1.82, 2.24) is 14.8 Å². The van der Waals surface area contributed by atoms with E-state index in [9.17, 15) is 14.4 Å². The maximum absolute atomic E-state index is 13.7. The lowest BCUT2D eigenvalue weighted by Gasteiger charge is -2.31. The largest absolute Gasteiger partial charge is 0.355 e. The van der Waals surface area contributed by atoms with E-state index < -0.39 is 12.1 Å². The minimum absolute atomic E-state index is 0.0121. The summed E-state index contributed by atoms with van der Waals surface area (Å²) in [5.74, 6) is 0.330. The fraction of sp³-hybridized carbons (Fsp3) is 0.361. The Morgan fingerprint density at radius 3 is 2.37 bits per heavy atom. The lowest BCUT2D eigenvalue weighted by Crippen LogP contribution is -2.46. The van der Waals surface area contributed by atoms with Gasteiger partial charge in [0, 0.05) is 41.2 Å². The zero-order valence-corrected chi connectivity index (χ0v) is 25.0. The molecule has 1 aliphatic carbocycles. The van der Waals surface area contributed by atoms with E-state index in [-0.39, 0.29) is 29.9 Å². The molecule has 0 bridgehead atoms. The summed E-state index contributed by atoms with van der Waals surface area (Å²) in [4.78, 5) is 47.0. The maximum atomic E-state index is 13.7. The number of hydrogen-bond acceptors (Lipinski definition) is 4. The van der Waals surface area contributed by atoms with E-state index in [2.05, 4.69) is 22.4 Å². The molecule has 0 unspecified atom stereocenters. The maximum Gasteiger partial charge on any atom is 0.245 e. The van der Waals surface area contributed by atoms with Crippen molar-refractivity contribution >= 4 is 34.2 Å². The summed E-state index contributed by atoms with van der Waals surface area (Å²) in [7, 11) is 3.82. The van der Waals surface area contributed by atoms with Gasteiger partial charge in [0.2, 0.25) is 11.8 Å². The Bertz CT molecular complexity index is 1600. The third-order valence-corrected chi connectivity index (χ3v) is 9.03. The Balaban J connectivity index is 1.13. The average molecular weight is 577 g/mol. The van der Waals surface area contributed by atoms with E-state index in [1.165, 1.54) is 0 Å². The van der Waals surface area contributed by atoms with Crippen molar-refractivity contribution in [3.63, 3.8) is 0 Å². The van der Waals surface area contributed by atoms with Gasteiger partial charge in [0.05, 0.1) is 6.04 Å². The first-order valence-corrected chi connectivity index (χ1v) is 15.4. The molecule has 6 rings (SSSR count). The molecule has 0 radical (unpaired) electrons. The van der Waals surface area contributed by atoms with Gasteiger partial charge in [-0.2, -0.15) is 0 Å². The van der Waals surface area contributed by atoms with E-state index in [0.29, 0.717) is 13.0 Å². The molecule has 1 saturated heterocycles. The van der Waals surface area contributed by atoms with Gasteiger partial charge in [-0.1, -0.05) is 61.4 Å². The molecule has 7 nitrogen and oxygen atoms in total. The summed E-state index contributed by atoms with van der Waals surface area (Å²) in [5.41, 5.74) is 5.71. The zero-order chi connectivity index (χ0) is 29.9. The first-order valence-electron chi connectivity index (χ1n) is 15.4. The highest BCUT2D eigenvalue weighted by Crippen LogP contribution is 2.30. The fourth-order valence-electron chi connectivity index (χ4n) is 6.75. The van der Waals surface area contributed by atoms with Gasteiger partial charge in [0.1, 0.15) is 6.04 Å². The lowest BCUT2D eigenvalue weighted by molar-refractivity contribution is -0.141. The predicted octanol–water partition coefficient (Wildman–Crippen LogP) is 6.37. The molecule has 2 N–H and O–H groups in total. The highest BCUT2D eigenvalue weighted by atomic mass is 16.2. The molecular formula is C36H40N4O3. The summed E-state index contributed by atoms with van der Waals surface area (Å²) in [5, 5.41) is 4.10. The van der Waals surface area contributed by atoms with E-state index in [1.54, 1.807) is 4.90 Å². The normalized spacial score (nSPS) is 17.9. The second-order valence-electron chi connectivity index (χ2n) is 12.3. The molecule has 2 fully saturated rings. The number of fused-ring (bicyclic) bond motifs is 1. The van der Waals surface area contributed by atoms with Gasteiger partial charge in [-0.25, -0.2) is 0 Å². The fourth-order valence-corrected chi connectivity index (χ4v) is 6.75. The SMILES string of the molecule is CN(C)[C@@H](C(=O)N1CCC[C@H]1C(=O)Cc1ccc2[nH]c(-c3ccc(NC(=O)C4CCCC4)cc3)cc2c1)c1ccccc1. The molecule has 0 spiro atoms. The Morgan fingerprint density at radius 1 is 0.907 bits per heavy atom. The van der Waals surface area contributed by atoms with Crippen LogP contribution in [0.4, 0.5) is 5.69 Å². The number of rotatable bonds is 9. The number of carbonyl (C=O) groups excluding carboxylic acids is 3. The van der Waals surface area contributed by atoms with E-state index in [0.717, 1.165) is 71.1 Å². The molecule has 2 atom stereocenters. The van der Waals surface area contributed by atoms with Crippen LogP contribution in [0.25, 0.3) is 22.2 Å². The smallest absolute Gasteiger partial charge is 0.245 e. The molecule has 3 aromatic carbocycles. The number of carbonyl (C=O) groups is 3. The van der Waals surface area contributed by atoms with Gasteiger partial charge < -0.3 is 15.2 Å². The monoisotopic (exact) mass is 576 g/mol. The molecule has 2 aliphatic rings. The number of Topliss-reactive ketones (excluding diaryl/α,β-unsaturated/α-hetero) is 1. The molecule has 2 amide bonds. The van der Waals surface area contributed by atoms with Crippen LogP contribution in [0.1, 0.15) is 55.7 Å². The topological polar surface area (TPSA) is 85.5 Å². The lowest BCUT2D eigenvalue weighted by atomic mass is 9.99. The number of likely N-dealkylation sites (N-methyl/N-ethyl adjacent to an activating group) is 1. The number of H-pyrrole nitrogens is 1. The van der Waals surface area contributed by atoms with Crippen LogP contribution in [-0.4, -0.2) is 59.1 Å². The Hall–Kier alpha value is -4.23. The Kier molecular flexibility index (Phi) is 8.43. The number of anilines is 1. The first-order chi connectivity index (χ1) is 20.9. The van der Waals surface area contributed by atoms with E-state index in [1.807, 2.05) is 85.7 Å². The number of ketones is 1. The van der Waals surface area contributed by atoms with Crippen LogP contribution in [-0.2, 0) is 20.8 Å². The number of aromatic amines is 1. The van der Waals surface area contributed by atoms with Gasteiger partial charge in [-0.15, -0.1) is 0 Å². The molecule has 43 heavy (non-hydrogen) atoms. The van der Waals surface area contributed by atoms with Gasteiger partial charge in [0.25, 0.3) is 0 Å². The van der Waals surface area contributed by atoms with Crippen LogP contribution < -0.4 is 5.32 Å². The molecule has 7 heteroatoms. The number of hydrogen-bond donors (Lipinski definition) is 2. The van der Waals surface area contributed by atoms with Crippen LogP contribution in [0, 0.1) is 5.92 Å². The quantitative estimate of drug-likeness (QED) is 0.243. The van der Waals surface area contributed by atoms with Crippen LogP contribution in [0.3, 0.4) is 0 Å². The number of nitrogens with one attached hydrogen (secondary N) is 2. The van der Waals surface area contributed by atoms with Crippen LogP contribution in [0.5, 0.6) is 0 Å². The molecule has 1 aromatic heterocycles. The number of likely N-dealkylation sites (tertiary alicyclic amines) is 1. The third kappa shape index (κ3) is 6.27. The van der Waals surface area contributed by atoms with Crippen LogP contribution >= 0.6 is 0 Å². The molecule has 1 saturated carbocycles. The summed E-state index contributed by atoms with van der Waals surface area (Å²) >= 11 is 0. The summed E-state index contributed by atoms with van der Waals surface area (Å²) in [6, 6.07) is 25.1. The standard InChI is InChI=1S/C36H40N4O3/c1-39(2)34(26-9-4-3-5-10-26)36(43)40-20-8-13-32(40)33(41)22-24-14-19-30-28(21-24)23-31(38-30)25-15-17-29(18-16-25)37-35(42)27-11-6-7-12-27/h3-5,9-10,14-19,21,23,27,32,34,38H,6-8,11-13,20,22H2,1-2H3,(H,37,42)/t32-,34+/m0/s1. The average Bonchev–Trinajstić information content (AvgIpc) is 3.79. The van der Waals surface area contributed by atoms with Crippen molar-refractivity contribution in [2.24, 2.45) is 5.92 Å². The third-order valence-electron chi connectivity index (χ3n) is 9.03. The Morgan fingerprint density at radius 2 is 1.65 bits per heavy atom. The van der Waals surface area contributed by atoms with Gasteiger partial charge in [0.15, 0.2) is 5.78 Å². The van der Waals surface area contributed by atoms with Gasteiger partial charge in [-0.05, 0) is 86.8 Å². The molecule has 222 valence electrons. The number of aromatic nitrogens is 1. The number of nitrogens with zero attached hydrogens (tertiary/aromatic N) is 2.